The van der Waals surface area contributed by atoms with Gasteiger partial charge in [-0.15, -0.1) is 5.10 Å². The Bertz CT molecular complexity index is 1600. The zero-order chi connectivity index (χ0) is 25.4. The molecule has 4 aromatic rings. The molecule has 2 aromatic heterocycles. The van der Waals surface area contributed by atoms with Crippen LogP contribution in [0.4, 0.5) is 15.8 Å². The number of hydrogen-bond acceptors (Lipinski definition) is 10. The number of nitrogen functional groups attached to an aromatic ring is 1. The molecule has 0 bridgehead atoms. The van der Waals surface area contributed by atoms with E-state index in [1.807, 2.05) is 0 Å². The number of nitrogens with one attached hydrogen (secondary N) is 2. The van der Waals surface area contributed by atoms with E-state index in [1.54, 1.807) is 0 Å². The van der Waals surface area contributed by atoms with Gasteiger partial charge in [0.25, 0.3) is 22.7 Å². The molecule has 15 heteroatoms. The molecule has 14 nitrogen and oxygen atoms in total. The first-order chi connectivity index (χ1) is 16.6. The number of halogens is 1. The number of carboxylic acid groups (broad SMARTS) is 1. The molecule has 0 saturated heterocycles. The van der Waals surface area contributed by atoms with Gasteiger partial charge in [0.2, 0.25) is 0 Å². The lowest BCUT2D eigenvalue weighted by Crippen LogP contribution is -2.37. The van der Waals surface area contributed by atoms with Gasteiger partial charge >= 0.3 is 5.97 Å². The van der Waals surface area contributed by atoms with E-state index in [2.05, 4.69) is 25.9 Å². The van der Waals surface area contributed by atoms with Crippen LogP contribution < -0.4 is 33.0 Å². The average molecular weight is 482 g/mol. The van der Waals surface area contributed by atoms with Gasteiger partial charge < -0.3 is 27.2 Å². The van der Waals surface area contributed by atoms with Crippen LogP contribution in [0.25, 0.3) is 5.65 Å². The van der Waals surface area contributed by atoms with Crippen LogP contribution in [-0.2, 0) is 13.1 Å². The number of benzene rings is 1. The number of carbonyl (C=O) groups excluding carboxylic acids is 2. The summed E-state index contributed by atoms with van der Waals surface area (Å²) >= 11 is 0. The number of aromatic nitrogens is 4. The maximum absolute atomic E-state index is 14.2. The summed E-state index contributed by atoms with van der Waals surface area (Å²) in [6.45, 7) is -0.253. The Kier molecular flexibility index (Phi) is 5.66. The first-order valence-electron chi connectivity index (χ1n) is 9.76. The smallest absolute Gasteiger partial charge is 0.354 e. The third kappa shape index (κ3) is 4.12. The third-order valence-electron chi connectivity index (χ3n) is 5.03. The van der Waals surface area contributed by atoms with E-state index in [9.17, 15) is 33.5 Å². The van der Waals surface area contributed by atoms with E-state index < -0.39 is 45.8 Å². The minimum Gasteiger partial charge on any atom is -0.477 e. The molecule has 0 saturated carbocycles. The topological polar surface area (TPSA) is 225 Å². The first-order valence-corrected chi connectivity index (χ1v) is 9.76. The molecule has 7 N–H and O–H groups in total. The molecule has 0 radical (unpaired) electrons. The van der Waals surface area contributed by atoms with Gasteiger partial charge in [0.15, 0.2) is 17.0 Å². The molecular weight excluding hydrogens is 467 g/mol. The highest BCUT2D eigenvalue weighted by Crippen LogP contribution is 2.16. The minimum atomic E-state index is -1.45. The molecule has 0 fully saturated rings. The third-order valence-corrected chi connectivity index (χ3v) is 5.03. The Balaban J connectivity index is 1.52. The van der Waals surface area contributed by atoms with Gasteiger partial charge in [0, 0.05) is 24.7 Å². The van der Waals surface area contributed by atoms with Crippen LogP contribution in [0.5, 0.6) is 0 Å². The second kappa shape index (κ2) is 8.62. The second-order valence-corrected chi connectivity index (χ2v) is 7.28. The van der Waals surface area contributed by atoms with Gasteiger partial charge in [-0.3, -0.25) is 19.2 Å². The molecule has 0 aliphatic carbocycles. The Labute approximate surface area is 193 Å². The van der Waals surface area contributed by atoms with E-state index in [1.165, 1.54) is 12.1 Å². The Morgan fingerprint density at radius 1 is 1.11 bits per heavy atom. The van der Waals surface area contributed by atoms with Crippen molar-refractivity contribution in [3.05, 3.63) is 78.7 Å². The largest absolute Gasteiger partial charge is 0.477 e. The zero-order valence-electron chi connectivity index (χ0n) is 17.5. The normalized spacial score (nSPS) is 11.0. The van der Waals surface area contributed by atoms with E-state index in [4.69, 9.17) is 11.5 Å². The monoisotopic (exact) mass is 482 g/mol. The predicted molar refractivity (Wildman–Crippen MR) is 117 cm³/mol. The van der Waals surface area contributed by atoms with Gasteiger partial charge in [0.1, 0.15) is 22.9 Å². The fourth-order valence-electron chi connectivity index (χ4n) is 3.22. The highest BCUT2D eigenvalue weighted by Gasteiger charge is 2.22. The van der Waals surface area contributed by atoms with E-state index in [-0.39, 0.29) is 41.4 Å². The number of aromatic carboxylic acids is 1. The molecule has 0 spiro atoms. The number of fused-ring (bicyclic) bond motifs is 1. The van der Waals surface area contributed by atoms with E-state index >= 15 is 0 Å². The van der Waals surface area contributed by atoms with Crippen molar-refractivity contribution < 1.29 is 23.9 Å². The predicted octanol–water partition coefficient (Wildman–Crippen LogP) is -1.22. The van der Waals surface area contributed by atoms with Crippen molar-refractivity contribution in [3.63, 3.8) is 0 Å². The summed E-state index contributed by atoms with van der Waals surface area (Å²) in [5, 5.41) is 21.5. The zero-order valence-corrected chi connectivity index (χ0v) is 17.5. The molecule has 4 rings (SSSR count). The second-order valence-electron chi connectivity index (χ2n) is 7.28. The molecule has 0 aliphatic heterocycles. The highest BCUT2D eigenvalue weighted by atomic mass is 19.1. The van der Waals surface area contributed by atoms with Gasteiger partial charge in [-0.1, -0.05) is 11.3 Å². The minimum absolute atomic E-state index is 0.0894. The number of nitrogens with zero attached hydrogens (tertiary/aromatic N) is 4. The Morgan fingerprint density at radius 2 is 1.86 bits per heavy atom. The van der Waals surface area contributed by atoms with Crippen LogP contribution in [0.1, 0.15) is 42.6 Å². The number of primary amides is 1. The van der Waals surface area contributed by atoms with Gasteiger partial charge in [-0.2, -0.15) is 4.52 Å². The summed E-state index contributed by atoms with van der Waals surface area (Å²) < 4.78 is 14.9. The van der Waals surface area contributed by atoms with Gasteiger partial charge in [-0.25, -0.2) is 14.2 Å². The number of rotatable bonds is 8. The number of amides is 2. The maximum Gasteiger partial charge on any atom is 0.354 e. The molecule has 0 aliphatic rings. The van der Waals surface area contributed by atoms with Crippen molar-refractivity contribution >= 4 is 34.8 Å². The fraction of sp³-hybridized carbons (Fsp3) is 0.100. The van der Waals surface area contributed by atoms with Crippen LogP contribution in [0.2, 0.25) is 0 Å². The molecule has 2 amide bonds. The molecule has 0 atom stereocenters. The summed E-state index contributed by atoms with van der Waals surface area (Å²) in [7, 11) is 0. The summed E-state index contributed by atoms with van der Waals surface area (Å²) in [5.74, 6) is -3.87. The Morgan fingerprint density at radius 3 is 2.51 bits per heavy atom. The molecular formula is C20H15FN8O6. The van der Waals surface area contributed by atoms with E-state index in [0.717, 1.165) is 16.6 Å². The summed E-state index contributed by atoms with van der Waals surface area (Å²) in [5.41, 5.74) is 7.75. The van der Waals surface area contributed by atoms with Crippen LogP contribution >= 0.6 is 0 Å². The van der Waals surface area contributed by atoms with Crippen LogP contribution in [0.15, 0.2) is 33.9 Å². The first kappa shape index (κ1) is 23.0. The van der Waals surface area contributed by atoms with Crippen molar-refractivity contribution in [1.82, 2.24) is 25.1 Å². The fourth-order valence-corrected chi connectivity index (χ4v) is 3.22. The number of carbonyl (C=O) groups is 3. The quantitative estimate of drug-likeness (QED) is 0.187. The highest BCUT2D eigenvalue weighted by molar-refractivity contribution is 6.00. The van der Waals surface area contributed by atoms with Crippen molar-refractivity contribution in [1.29, 1.82) is 0 Å². The average Bonchev–Trinajstić information content (AvgIpc) is 3.27. The number of hydrogen-bond donors (Lipinski definition) is 5. The molecule has 0 unspecified atom stereocenters. The van der Waals surface area contributed by atoms with Crippen molar-refractivity contribution in [2.24, 2.45) is 5.73 Å². The standard InChI is InChI=1S/C20H15FN8O6/c21-9-2-1-7(3-8(9)6-24-13-12(22)15(30)16(13)31)5-25-19(33)10-4-11(20(34)35)29-18(26-10)14(17(23)32)27-28-29/h1-4,24H,5-6,22H2,(H2,23,32)(H,25,33)(H,34,35). The maximum atomic E-state index is 14.2. The molecule has 178 valence electrons. The Hall–Kier alpha value is -5.21. The van der Waals surface area contributed by atoms with Gasteiger partial charge in [0.05, 0.1) is 0 Å². The lowest BCUT2D eigenvalue weighted by Gasteiger charge is -2.12. The molecule has 2 heterocycles. The lowest BCUT2D eigenvalue weighted by molar-refractivity contribution is 0.0686. The van der Waals surface area contributed by atoms with Crippen molar-refractivity contribution in [3.8, 4) is 0 Å². The summed E-state index contributed by atoms with van der Waals surface area (Å²) in [4.78, 5) is 62.3. The molecule has 35 heavy (non-hydrogen) atoms. The summed E-state index contributed by atoms with van der Waals surface area (Å²) in [6, 6.07) is 4.90. The SMILES string of the molecule is NC(=O)c1nnn2c(C(=O)O)cc(C(=O)NCc3ccc(F)c(CNc4c(N)c(=O)c4=O)c3)nc12. The van der Waals surface area contributed by atoms with Crippen molar-refractivity contribution in [2.45, 2.75) is 13.1 Å². The summed E-state index contributed by atoms with van der Waals surface area (Å²) in [6.07, 6.45) is 0. The number of carboxylic acids is 1. The van der Waals surface area contributed by atoms with Crippen LogP contribution in [-0.4, -0.2) is 42.7 Å². The van der Waals surface area contributed by atoms with Crippen LogP contribution in [0.3, 0.4) is 0 Å². The van der Waals surface area contributed by atoms with Gasteiger partial charge in [-0.05, 0) is 17.7 Å². The van der Waals surface area contributed by atoms with Crippen LogP contribution in [0, 0.1) is 5.82 Å². The van der Waals surface area contributed by atoms with E-state index in [0.29, 0.717) is 5.56 Å². The number of anilines is 2. The molecule has 2 aromatic carbocycles. The van der Waals surface area contributed by atoms with Crippen molar-refractivity contribution in [2.75, 3.05) is 11.1 Å². The lowest BCUT2D eigenvalue weighted by atomic mass is 10.1. The number of nitrogens with two attached hydrogens (primary N) is 2.